The zero-order valence-corrected chi connectivity index (χ0v) is 32.5. The highest BCUT2D eigenvalue weighted by Crippen LogP contribution is 2.35. The summed E-state index contributed by atoms with van der Waals surface area (Å²) in [6, 6.07) is 20.7. The normalized spacial score (nSPS) is 20.1. The van der Waals surface area contributed by atoms with Gasteiger partial charge in [-0.2, -0.15) is 20.7 Å². The molecule has 1 N–H and O–H groups in total. The lowest BCUT2D eigenvalue weighted by atomic mass is 9.83. The number of hydrogen-bond acceptors (Lipinski definition) is 8. The first-order chi connectivity index (χ1) is 25.8. The van der Waals surface area contributed by atoms with Crippen molar-refractivity contribution in [3.8, 4) is 12.1 Å². The number of aryl methyl sites for hydroxylation is 2. The van der Waals surface area contributed by atoms with E-state index in [1.807, 2.05) is 61.6 Å². The van der Waals surface area contributed by atoms with Gasteiger partial charge in [-0.1, -0.05) is 54.0 Å². The first-order valence-electron chi connectivity index (χ1n) is 18.3. The van der Waals surface area contributed by atoms with Crippen LogP contribution < -0.4 is 5.32 Å². The molecule has 2 fully saturated rings. The average molecular weight is 772 g/mol. The zero-order valence-electron chi connectivity index (χ0n) is 31.0. The molecule has 8 rings (SSSR count). The predicted molar refractivity (Wildman–Crippen MR) is 213 cm³/mol. The van der Waals surface area contributed by atoms with Crippen LogP contribution in [0.3, 0.4) is 0 Å². The van der Waals surface area contributed by atoms with Crippen LogP contribution in [0.1, 0.15) is 71.9 Å². The Labute approximate surface area is 320 Å². The number of aromatic nitrogens is 6. The Morgan fingerprint density at radius 1 is 0.736 bits per heavy atom. The molecular weight excluding hydrogens is 724 g/mol. The molecule has 0 bridgehead atoms. The molecule has 0 saturated carbocycles. The highest BCUT2D eigenvalue weighted by atomic mass is 79.9. The number of likely N-dealkylation sites (tertiary alicyclic amines) is 1. The van der Waals surface area contributed by atoms with Crippen LogP contribution in [-0.2, 0) is 26.0 Å². The second-order valence-electron chi connectivity index (χ2n) is 14.5. The molecular formula is C42H47BrN10. The summed E-state index contributed by atoms with van der Waals surface area (Å²) in [7, 11) is 3.87. The molecule has 2 aromatic carbocycles. The van der Waals surface area contributed by atoms with Crippen LogP contribution in [0.25, 0.3) is 21.8 Å². The standard InChI is InChI=1S/C21H23N5.C16H17N3.C5H7BrN2/c1-15-8-18(14-26(11-15)13-16-10-24-25(2)12-16)19-6-5-17(9-22)21-20(19)4-3-7-23-21;1-11-7-13(10-18-9-11)14-5-4-12(8-17)16-15(14)3-2-6-19-16;1-8-4-5(2-6)3-7-8/h3-7,10,12,15,18H,8,11,13-14H2,1-2H3;2-6,11,13,18H,7,9-10H2,1H3;3-4H,2H2,1H3/t15-,18+;11-,13?;/m11./s1. The lowest BCUT2D eigenvalue weighted by Gasteiger charge is -2.37. The molecule has 53 heavy (non-hydrogen) atoms. The van der Waals surface area contributed by atoms with Crippen LogP contribution in [0.15, 0.2) is 85.7 Å². The topological polar surface area (TPSA) is 124 Å². The van der Waals surface area contributed by atoms with Crippen molar-refractivity contribution in [1.82, 2.24) is 39.7 Å². The summed E-state index contributed by atoms with van der Waals surface area (Å²) in [5, 5.41) is 33.4. The number of hydrogen-bond donors (Lipinski definition) is 1. The lowest BCUT2D eigenvalue weighted by Crippen LogP contribution is -2.38. The molecule has 0 amide bonds. The van der Waals surface area contributed by atoms with Crippen LogP contribution >= 0.6 is 15.9 Å². The molecule has 2 aliphatic rings. The fourth-order valence-corrected chi connectivity index (χ4v) is 8.13. The minimum absolute atomic E-state index is 0.454. The third kappa shape index (κ3) is 9.36. The Hall–Kier alpha value is -4.94. The molecule has 0 radical (unpaired) electrons. The van der Waals surface area contributed by atoms with E-state index in [2.05, 4.69) is 103 Å². The van der Waals surface area contributed by atoms with Crippen molar-refractivity contribution in [3.63, 3.8) is 0 Å². The number of nitrogens with one attached hydrogen (secondary N) is 1. The van der Waals surface area contributed by atoms with Crippen LogP contribution in [0, 0.1) is 34.5 Å². The van der Waals surface area contributed by atoms with Gasteiger partial charge in [-0.15, -0.1) is 0 Å². The Morgan fingerprint density at radius 3 is 1.81 bits per heavy atom. The van der Waals surface area contributed by atoms with Crippen molar-refractivity contribution in [1.29, 1.82) is 10.5 Å². The Balaban J connectivity index is 0.000000155. The SMILES string of the molecule is C[C@@H]1C[C@H](c2ccc(C#N)c3ncccc23)CN(Cc2cnn(C)c2)C1.C[C@H]1CNCC(c2ccc(C#N)c3ncccc23)C1.Cn1cc(CBr)cn1. The maximum atomic E-state index is 9.38. The van der Waals surface area contributed by atoms with E-state index in [1.54, 1.807) is 17.1 Å². The minimum atomic E-state index is 0.454. The molecule has 4 atom stereocenters. The van der Waals surface area contributed by atoms with Crippen molar-refractivity contribution in [2.45, 2.75) is 50.4 Å². The van der Waals surface area contributed by atoms with Gasteiger partial charge in [-0.25, -0.2) is 0 Å². The molecule has 2 aliphatic heterocycles. The monoisotopic (exact) mass is 770 g/mol. The third-order valence-electron chi connectivity index (χ3n) is 10.1. The second kappa shape index (κ2) is 17.7. The van der Waals surface area contributed by atoms with Gasteiger partial charge in [-0.05, 0) is 78.5 Å². The van der Waals surface area contributed by atoms with Crippen LogP contribution in [0.2, 0.25) is 0 Å². The number of halogens is 1. The fourth-order valence-electron chi connectivity index (χ4n) is 7.84. The number of pyridine rings is 2. The van der Waals surface area contributed by atoms with Gasteiger partial charge in [0, 0.05) is 92.3 Å². The van der Waals surface area contributed by atoms with Crippen molar-refractivity contribution in [2.75, 3.05) is 26.2 Å². The first-order valence-corrected chi connectivity index (χ1v) is 19.4. The Bertz CT molecular complexity index is 2230. The maximum absolute atomic E-state index is 9.38. The maximum Gasteiger partial charge on any atom is 0.101 e. The minimum Gasteiger partial charge on any atom is -0.316 e. The number of nitriles is 2. The van der Waals surface area contributed by atoms with Gasteiger partial charge in [0.05, 0.1) is 34.6 Å². The third-order valence-corrected chi connectivity index (χ3v) is 10.8. The Kier molecular flexibility index (Phi) is 12.6. The highest BCUT2D eigenvalue weighted by Gasteiger charge is 2.28. The number of rotatable bonds is 5. The quantitative estimate of drug-likeness (QED) is 0.178. The van der Waals surface area contributed by atoms with Gasteiger partial charge in [0.1, 0.15) is 12.1 Å². The molecule has 1 unspecified atom stereocenters. The number of fused-ring (bicyclic) bond motifs is 2. The largest absolute Gasteiger partial charge is 0.316 e. The predicted octanol–water partition coefficient (Wildman–Crippen LogP) is 7.60. The summed E-state index contributed by atoms with van der Waals surface area (Å²) in [5.74, 6) is 2.30. The summed E-state index contributed by atoms with van der Waals surface area (Å²) < 4.78 is 3.65. The first kappa shape index (κ1) is 37.8. The van der Waals surface area contributed by atoms with Gasteiger partial charge >= 0.3 is 0 Å². The summed E-state index contributed by atoms with van der Waals surface area (Å²) in [4.78, 5) is 11.4. The van der Waals surface area contributed by atoms with Crippen molar-refractivity contribution in [3.05, 3.63) is 119 Å². The van der Waals surface area contributed by atoms with E-state index in [1.165, 1.54) is 35.1 Å². The van der Waals surface area contributed by atoms with E-state index in [0.29, 0.717) is 34.8 Å². The number of piperidine rings is 2. The number of benzene rings is 2. The van der Waals surface area contributed by atoms with Crippen LogP contribution in [-0.4, -0.2) is 60.6 Å². The van der Waals surface area contributed by atoms with Gasteiger partial charge in [0.25, 0.3) is 0 Å². The summed E-state index contributed by atoms with van der Waals surface area (Å²) in [6.07, 6.45) is 13.8. The molecule has 6 heterocycles. The van der Waals surface area contributed by atoms with Gasteiger partial charge in [0.2, 0.25) is 0 Å². The second-order valence-corrected chi connectivity index (χ2v) is 15.1. The Morgan fingerprint density at radius 2 is 1.30 bits per heavy atom. The molecule has 2 saturated heterocycles. The summed E-state index contributed by atoms with van der Waals surface area (Å²) in [6.45, 7) is 9.78. The number of nitrogens with zero attached hydrogens (tertiary/aromatic N) is 9. The molecule has 0 aliphatic carbocycles. The van der Waals surface area contributed by atoms with Crippen LogP contribution in [0.5, 0.6) is 0 Å². The molecule has 4 aromatic heterocycles. The summed E-state index contributed by atoms with van der Waals surface area (Å²) in [5.41, 5.74) is 8.08. The molecule has 272 valence electrons. The van der Waals surface area contributed by atoms with Crippen molar-refractivity contribution in [2.24, 2.45) is 25.9 Å². The molecule has 0 spiro atoms. The fraction of sp³-hybridized carbons (Fsp3) is 0.381. The van der Waals surface area contributed by atoms with E-state index in [9.17, 15) is 10.5 Å². The smallest absolute Gasteiger partial charge is 0.101 e. The average Bonchev–Trinajstić information content (AvgIpc) is 3.80. The van der Waals surface area contributed by atoms with Crippen LogP contribution in [0.4, 0.5) is 0 Å². The molecule has 6 aromatic rings. The van der Waals surface area contributed by atoms with Gasteiger partial charge < -0.3 is 5.32 Å². The van der Waals surface area contributed by atoms with E-state index < -0.39 is 0 Å². The molecule has 10 nitrogen and oxygen atoms in total. The zero-order chi connectivity index (χ0) is 37.3. The van der Waals surface area contributed by atoms with E-state index in [4.69, 9.17) is 0 Å². The highest BCUT2D eigenvalue weighted by molar-refractivity contribution is 9.08. The van der Waals surface area contributed by atoms with E-state index >= 15 is 0 Å². The number of alkyl halides is 1. The summed E-state index contributed by atoms with van der Waals surface area (Å²) >= 11 is 3.32. The lowest BCUT2D eigenvalue weighted by molar-refractivity contribution is 0.157. The van der Waals surface area contributed by atoms with E-state index in [0.717, 1.165) is 59.9 Å². The molecule has 11 heteroatoms. The van der Waals surface area contributed by atoms with Gasteiger partial charge in [-0.3, -0.25) is 24.2 Å². The van der Waals surface area contributed by atoms with Crippen molar-refractivity contribution >= 4 is 37.7 Å². The van der Waals surface area contributed by atoms with Gasteiger partial charge in [0.15, 0.2) is 0 Å². The van der Waals surface area contributed by atoms with Crippen molar-refractivity contribution < 1.29 is 0 Å². The van der Waals surface area contributed by atoms with E-state index in [-0.39, 0.29) is 0 Å².